The first kappa shape index (κ1) is 22.9. The fourth-order valence-corrected chi connectivity index (χ4v) is 3.20. The molecule has 1 amide bonds. The molecule has 162 valence electrons. The summed E-state index contributed by atoms with van der Waals surface area (Å²) in [6.45, 7) is 6.13. The number of anilines is 1. The minimum Gasteiger partial charge on any atom is -0.465 e. The number of hydrogen-bond donors (Lipinski definition) is 1. The average molecular weight is 418 g/mol. The van der Waals surface area contributed by atoms with Crippen molar-refractivity contribution in [1.29, 1.82) is 5.26 Å². The van der Waals surface area contributed by atoms with Gasteiger partial charge in [-0.25, -0.2) is 9.59 Å². The molecule has 1 fully saturated rings. The van der Waals surface area contributed by atoms with Crippen molar-refractivity contribution in [3.05, 3.63) is 33.4 Å². The fourth-order valence-electron chi connectivity index (χ4n) is 3.20. The van der Waals surface area contributed by atoms with Crippen LogP contribution in [-0.2, 0) is 9.47 Å². The molecule has 1 heterocycles. The Hall–Kier alpha value is -3.35. The highest BCUT2D eigenvalue weighted by atomic mass is 16.6. The van der Waals surface area contributed by atoms with E-state index in [0.717, 1.165) is 26.0 Å². The number of benzene rings is 1. The van der Waals surface area contributed by atoms with E-state index in [0.29, 0.717) is 13.0 Å². The highest BCUT2D eigenvalue weighted by Crippen LogP contribution is 2.32. The van der Waals surface area contributed by atoms with Crippen LogP contribution in [0.1, 0.15) is 56.0 Å². The summed E-state index contributed by atoms with van der Waals surface area (Å²) in [5.74, 6) is -0.772. The van der Waals surface area contributed by atoms with Crippen LogP contribution in [0.15, 0.2) is 12.1 Å². The summed E-state index contributed by atoms with van der Waals surface area (Å²) in [6.07, 6.45) is 1.77. The zero-order chi connectivity index (χ0) is 22.5. The van der Waals surface area contributed by atoms with E-state index in [9.17, 15) is 25.0 Å². The van der Waals surface area contributed by atoms with Crippen molar-refractivity contribution < 1.29 is 24.0 Å². The molecular formula is C20H26N4O6. The van der Waals surface area contributed by atoms with Crippen LogP contribution < -0.4 is 5.32 Å². The van der Waals surface area contributed by atoms with Gasteiger partial charge < -0.3 is 19.7 Å². The predicted octanol–water partition coefficient (Wildman–Crippen LogP) is 3.45. The fraction of sp³-hybridized carbons (Fsp3) is 0.550. The van der Waals surface area contributed by atoms with Crippen molar-refractivity contribution >= 4 is 23.4 Å². The molecule has 0 unspecified atom stereocenters. The van der Waals surface area contributed by atoms with E-state index in [1.165, 1.54) is 6.07 Å². The monoisotopic (exact) mass is 418 g/mol. The van der Waals surface area contributed by atoms with Gasteiger partial charge >= 0.3 is 12.1 Å². The first-order valence-electron chi connectivity index (χ1n) is 9.61. The molecule has 30 heavy (non-hydrogen) atoms. The third-order valence-electron chi connectivity index (χ3n) is 4.53. The summed E-state index contributed by atoms with van der Waals surface area (Å²) in [7, 11) is 1.16. The molecule has 1 atom stereocenters. The van der Waals surface area contributed by atoms with E-state index < -0.39 is 28.3 Å². The Morgan fingerprint density at radius 2 is 2.03 bits per heavy atom. The van der Waals surface area contributed by atoms with Crippen molar-refractivity contribution in [3.63, 3.8) is 0 Å². The molecule has 1 N–H and O–H groups in total. The molecule has 0 bridgehead atoms. The number of rotatable bonds is 4. The third kappa shape index (κ3) is 5.83. The van der Waals surface area contributed by atoms with E-state index in [2.05, 4.69) is 10.1 Å². The van der Waals surface area contributed by atoms with Gasteiger partial charge in [-0.15, -0.1) is 0 Å². The van der Waals surface area contributed by atoms with Gasteiger partial charge in [0.25, 0.3) is 5.69 Å². The number of nitrogens with zero attached hydrogens (tertiary/aromatic N) is 3. The Morgan fingerprint density at radius 3 is 2.60 bits per heavy atom. The summed E-state index contributed by atoms with van der Waals surface area (Å²) >= 11 is 0. The zero-order valence-corrected chi connectivity index (χ0v) is 17.6. The topological polar surface area (TPSA) is 135 Å². The van der Waals surface area contributed by atoms with Gasteiger partial charge in [-0.3, -0.25) is 10.1 Å². The standard InChI is InChI=1S/C20H26N4O6/c1-20(2,3)30-19(26)23-8-6-5-7-15(12-23)22-17-14(11-21)9-13(18(25)29-4)10-16(17)24(27)28/h9-10,15,22H,5-8,12H2,1-4H3/t15-/m1/s1. The molecule has 1 aliphatic rings. The molecule has 0 saturated carbocycles. The Morgan fingerprint density at radius 1 is 1.33 bits per heavy atom. The van der Waals surface area contributed by atoms with Crippen molar-refractivity contribution in [1.82, 2.24) is 4.90 Å². The molecule has 10 nitrogen and oxygen atoms in total. The second-order valence-corrected chi connectivity index (χ2v) is 8.04. The number of ether oxygens (including phenoxy) is 2. The highest BCUT2D eigenvalue weighted by molar-refractivity contribution is 5.92. The highest BCUT2D eigenvalue weighted by Gasteiger charge is 2.29. The van der Waals surface area contributed by atoms with Crippen LogP contribution >= 0.6 is 0 Å². The minimum atomic E-state index is -0.772. The van der Waals surface area contributed by atoms with E-state index in [4.69, 9.17) is 4.74 Å². The molecular weight excluding hydrogens is 392 g/mol. The van der Waals surface area contributed by atoms with Gasteiger partial charge in [0.15, 0.2) is 0 Å². The summed E-state index contributed by atoms with van der Waals surface area (Å²) in [6, 6.07) is 3.91. The maximum Gasteiger partial charge on any atom is 0.410 e. The normalized spacial score (nSPS) is 16.8. The molecule has 0 aliphatic carbocycles. The van der Waals surface area contributed by atoms with Crippen molar-refractivity contribution in [2.45, 2.75) is 51.7 Å². The van der Waals surface area contributed by atoms with Crippen molar-refractivity contribution in [2.75, 3.05) is 25.5 Å². The van der Waals surface area contributed by atoms with Gasteiger partial charge in [-0.05, 0) is 46.1 Å². The number of hydrogen-bond acceptors (Lipinski definition) is 8. The van der Waals surface area contributed by atoms with Gasteiger partial charge in [0.1, 0.15) is 17.4 Å². The third-order valence-corrected chi connectivity index (χ3v) is 4.53. The largest absolute Gasteiger partial charge is 0.465 e. The van der Waals surface area contributed by atoms with Crippen LogP contribution in [0, 0.1) is 21.4 Å². The number of carbonyl (C=O) groups excluding carboxylic acids is 2. The Kier molecular flexibility index (Phi) is 7.21. The van der Waals surface area contributed by atoms with E-state index in [1.807, 2.05) is 6.07 Å². The molecule has 1 aromatic rings. The smallest absolute Gasteiger partial charge is 0.410 e. The maximum atomic E-state index is 12.5. The lowest BCUT2D eigenvalue weighted by Gasteiger charge is -2.29. The lowest BCUT2D eigenvalue weighted by molar-refractivity contribution is -0.384. The summed E-state index contributed by atoms with van der Waals surface area (Å²) in [4.78, 5) is 36.8. The number of likely N-dealkylation sites (tertiary alicyclic amines) is 1. The molecule has 1 aromatic carbocycles. The van der Waals surface area contributed by atoms with Crippen molar-refractivity contribution in [2.24, 2.45) is 0 Å². The van der Waals surface area contributed by atoms with Crippen LogP contribution in [-0.4, -0.2) is 53.7 Å². The van der Waals surface area contributed by atoms with Crippen LogP contribution in [0.3, 0.4) is 0 Å². The van der Waals surface area contributed by atoms with E-state index in [1.54, 1.807) is 25.7 Å². The number of nitrogens with one attached hydrogen (secondary N) is 1. The van der Waals surface area contributed by atoms with E-state index in [-0.39, 0.29) is 29.4 Å². The quantitative estimate of drug-likeness (QED) is 0.446. The van der Waals surface area contributed by atoms with Crippen molar-refractivity contribution in [3.8, 4) is 6.07 Å². The number of esters is 1. The Bertz CT molecular complexity index is 871. The lowest BCUT2D eigenvalue weighted by atomic mass is 10.0. The Labute approximate surface area is 174 Å². The molecule has 0 spiro atoms. The van der Waals surface area contributed by atoms with Gasteiger partial charge in [-0.1, -0.05) is 0 Å². The molecule has 0 radical (unpaired) electrons. The summed E-state index contributed by atoms with van der Waals surface area (Å²) in [5.41, 5.74) is -1.14. The van der Waals surface area contributed by atoms with Gasteiger partial charge in [-0.2, -0.15) is 5.26 Å². The summed E-state index contributed by atoms with van der Waals surface area (Å²) < 4.78 is 10.0. The number of nitriles is 1. The number of methoxy groups -OCH3 is 1. The Balaban J connectivity index is 2.33. The molecule has 1 saturated heterocycles. The molecule has 10 heteroatoms. The second-order valence-electron chi connectivity index (χ2n) is 8.04. The number of carbonyl (C=O) groups is 2. The predicted molar refractivity (Wildman–Crippen MR) is 108 cm³/mol. The number of amides is 1. The molecule has 0 aromatic heterocycles. The molecule has 1 aliphatic heterocycles. The van der Waals surface area contributed by atoms with Gasteiger partial charge in [0.2, 0.25) is 0 Å². The minimum absolute atomic E-state index is 0.0196. The lowest BCUT2D eigenvalue weighted by Crippen LogP contribution is -2.42. The molecule has 2 rings (SSSR count). The SMILES string of the molecule is COC(=O)c1cc(C#N)c(N[C@@H]2CCCCN(C(=O)OC(C)(C)C)C2)c([N+](=O)[O-])c1. The van der Waals surface area contributed by atoms with Gasteiger partial charge in [0.05, 0.1) is 23.2 Å². The maximum absolute atomic E-state index is 12.5. The first-order valence-corrected chi connectivity index (χ1v) is 9.61. The van der Waals surface area contributed by atoms with Crippen LogP contribution in [0.2, 0.25) is 0 Å². The van der Waals surface area contributed by atoms with Crippen LogP contribution in [0.25, 0.3) is 0 Å². The van der Waals surface area contributed by atoms with Crippen LogP contribution in [0.5, 0.6) is 0 Å². The zero-order valence-electron chi connectivity index (χ0n) is 17.6. The van der Waals surface area contributed by atoms with E-state index >= 15 is 0 Å². The first-order chi connectivity index (χ1) is 14.1. The van der Waals surface area contributed by atoms with Gasteiger partial charge in [0, 0.05) is 25.2 Å². The number of nitro groups is 1. The second kappa shape index (κ2) is 9.43. The average Bonchev–Trinajstić information content (AvgIpc) is 2.91. The number of nitro benzene ring substituents is 1. The van der Waals surface area contributed by atoms with Crippen LogP contribution in [0.4, 0.5) is 16.2 Å². The summed E-state index contributed by atoms with van der Waals surface area (Å²) in [5, 5.41) is 24.2.